The maximum absolute atomic E-state index is 10.7. The van der Waals surface area contributed by atoms with Crippen LogP contribution in [-0.4, -0.2) is 19.2 Å². The highest BCUT2D eigenvalue weighted by atomic mass is 16.5. The summed E-state index contributed by atoms with van der Waals surface area (Å²) >= 11 is 0. The Kier molecular flexibility index (Phi) is 6.46. The Morgan fingerprint density at radius 1 is 1.47 bits per heavy atom. The number of amides is 2. The van der Waals surface area contributed by atoms with Gasteiger partial charge >= 0.3 is 6.03 Å². The SMILES string of the molecule is C=COCCCNC(C)c1ccc(NC(N)=O)cc1. The van der Waals surface area contributed by atoms with E-state index in [1.165, 1.54) is 6.26 Å². The van der Waals surface area contributed by atoms with Gasteiger partial charge in [-0.05, 0) is 37.6 Å². The van der Waals surface area contributed by atoms with Gasteiger partial charge in [-0.25, -0.2) is 4.79 Å². The lowest BCUT2D eigenvalue weighted by atomic mass is 10.1. The lowest BCUT2D eigenvalue weighted by Gasteiger charge is -2.14. The van der Waals surface area contributed by atoms with Crippen molar-refractivity contribution in [3.8, 4) is 0 Å². The van der Waals surface area contributed by atoms with Gasteiger partial charge in [0, 0.05) is 11.7 Å². The molecule has 5 nitrogen and oxygen atoms in total. The molecule has 0 bridgehead atoms. The van der Waals surface area contributed by atoms with Gasteiger partial charge in [-0.15, -0.1) is 0 Å². The molecular formula is C14H21N3O2. The third-order valence-corrected chi connectivity index (χ3v) is 2.69. The van der Waals surface area contributed by atoms with E-state index in [-0.39, 0.29) is 6.04 Å². The van der Waals surface area contributed by atoms with Crippen molar-refractivity contribution >= 4 is 11.7 Å². The normalized spacial score (nSPS) is 11.6. The number of carbonyl (C=O) groups is 1. The third-order valence-electron chi connectivity index (χ3n) is 2.69. The molecule has 5 heteroatoms. The molecule has 1 unspecified atom stereocenters. The van der Waals surface area contributed by atoms with Crippen LogP contribution in [0.2, 0.25) is 0 Å². The van der Waals surface area contributed by atoms with Crippen LogP contribution >= 0.6 is 0 Å². The van der Waals surface area contributed by atoms with Crippen LogP contribution in [0.5, 0.6) is 0 Å². The largest absolute Gasteiger partial charge is 0.502 e. The molecule has 0 spiro atoms. The average molecular weight is 263 g/mol. The fourth-order valence-electron chi connectivity index (χ4n) is 1.67. The zero-order chi connectivity index (χ0) is 14.1. The molecule has 0 aromatic heterocycles. The molecule has 0 aliphatic carbocycles. The molecule has 0 saturated carbocycles. The molecule has 104 valence electrons. The Morgan fingerprint density at radius 3 is 2.74 bits per heavy atom. The van der Waals surface area contributed by atoms with Crippen molar-refractivity contribution in [3.05, 3.63) is 42.7 Å². The first-order valence-electron chi connectivity index (χ1n) is 6.26. The third kappa shape index (κ3) is 5.92. The average Bonchev–Trinajstić information content (AvgIpc) is 2.38. The summed E-state index contributed by atoms with van der Waals surface area (Å²) in [5.74, 6) is 0. The van der Waals surface area contributed by atoms with Gasteiger partial charge in [0.15, 0.2) is 0 Å². The van der Waals surface area contributed by atoms with Crippen molar-refractivity contribution in [2.24, 2.45) is 5.73 Å². The molecule has 0 fully saturated rings. The van der Waals surface area contributed by atoms with E-state index in [9.17, 15) is 4.79 Å². The Hall–Kier alpha value is -2.01. The topological polar surface area (TPSA) is 76.4 Å². The van der Waals surface area contributed by atoms with Gasteiger partial charge in [0.25, 0.3) is 0 Å². The molecule has 1 aromatic rings. The zero-order valence-electron chi connectivity index (χ0n) is 11.2. The van der Waals surface area contributed by atoms with E-state index >= 15 is 0 Å². The summed E-state index contributed by atoms with van der Waals surface area (Å²) in [7, 11) is 0. The summed E-state index contributed by atoms with van der Waals surface area (Å²) in [5, 5.41) is 5.92. The molecule has 0 heterocycles. The standard InChI is InChI=1S/C14H21N3O2/c1-3-19-10-4-9-16-11(2)12-5-7-13(8-6-12)17-14(15)18/h3,5-8,11,16H,1,4,9-10H2,2H3,(H3,15,17,18). The second kappa shape index (κ2) is 8.16. The first-order chi connectivity index (χ1) is 9.13. The zero-order valence-corrected chi connectivity index (χ0v) is 11.2. The number of primary amides is 1. The van der Waals surface area contributed by atoms with Crippen molar-refractivity contribution in [2.45, 2.75) is 19.4 Å². The van der Waals surface area contributed by atoms with Gasteiger partial charge in [0.05, 0.1) is 12.9 Å². The van der Waals surface area contributed by atoms with Crippen molar-refractivity contribution in [3.63, 3.8) is 0 Å². The van der Waals surface area contributed by atoms with E-state index in [2.05, 4.69) is 24.1 Å². The summed E-state index contributed by atoms with van der Waals surface area (Å²) in [6.45, 7) is 7.12. The number of nitrogens with one attached hydrogen (secondary N) is 2. The molecule has 4 N–H and O–H groups in total. The van der Waals surface area contributed by atoms with E-state index in [4.69, 9.17) is 10.5 Å². The Bertz CT molecular complexity index is 404. The second-order valence-electron chi connectivity index (χ2n) is 4.18. The smallest absolute Gasteiger partial charge is 0.316 e. The number of ether oxygens (including phenoxy) is 1. The van der Waals surface area contributed by atoms with Crippen molar-refractivity contribution < 1.29 is 9.53 Å². The lowest BCUT2D eigenvalue weighted by molar-refractivity contribution is 0.243. The van der Waals surface area contributed by atoms with Gasteiger partial charge in [-0.3, -0.25) is 0 Å². The van der Waals surface area contributed by atoms with E-state index in [0.717, 1.165) is 18.5 Å². The molecule has 2 amide bonds. The summed E-state index contributed by atoms with van der Waals surface area (Å²) in [4.78, 5) is 10.7. The van der Waals surface area contributed by atoms with E-state index in [0.29, 0.717) is 12.3 Å². The van der Waals surface area contributed by atoms with E-state index < -0.39 is 6.03 Å². The highest BCUT2D eigenvalue weighted by molar-refractivity contribution is 5.87. The number of hydrogen-bond acceptors (Lipinski definition) is 3. The molecule has 1 atom stereocenters. The van der Waals surface area contributed by atoms with Crippen LogP contribution in [0.1, 0.15) is 24.9 Å². The highest BCUT2D eigenvalue weighted by Gasteiger charge is 2.04. The van der Waals surface area contributed by atoms with Crippen LogP contribution in [0, 0.1) is 0 Å². The molecule has 0 aliphatic rings. The summed E-state index contributed by atoms with van der Waals surface area (Å²) in [6, 6.07) is 7.28. The van der Waals surface area contributed by atoms with Gasteiger partial charge < -0.3 is 21.1 Å². The Balaban J connectivity index is 2.37. The first kappa shape index (κ1) is 15.0. The summed E-state index contributed by atoms with van der Waals surface area (Å²) in [6.07, 6.45) is 2.38. The molecule has 0 radical (unpaired) electrons. The maximum atomic E-state index is 10.7. The van der Waals surface area contributed by atoms with Gasteiger partial charge in [0.2, 0.25) is 0 Å². The number of urea groups is 1. The Labute approximate surface area is 113 Å². The van der Waals surface area contributed by atoms with E-state index in [1.54, 1.807) is 0 Å². The molecule has 1 rings (SSSR count). The quantitative estimate of drug-likeness (QED) is 0.498. The minimum absolute atomic E-state index is 0.242. The summed E-state index contributed by atoms with van der Waals surface area (Å²) < 4.78 is 5.05. The van der Waals surface area contributed by atoms with Crippen molar-refractivity contribution in [1.82, 2.24) is 5.32 Å². The van der Waals surface area contributed by atoms with Crippen LogP contribution in [0.15, 0.2) is 37.1 Å². The number of hydrogen-bond donors (Lipinski definition) is 3. The number of rotatable bonds is 8. The first-order valence-corrected chi connectivity index (χ1v) is 6.26. The van der Waals surface area contributed by atoms with Gasteiger partial charge in [-0.2, -0.15) is 0 Å². The predicted octanol–water partition coefficient (Wildman–Crippen LogP) is 2.38. The number of carbonyl (C=O) groups excluding carboxylic acids is 1. The fraction of sp³-hybridized carbons (Fsp3) is 0.357. The molecular weight excluding hydrogens is 242 g/mol. The predicted molar refractivity (Wildman–Crippen MR) is 76.8 cm³/mol. The van der Waals surface area contributed by atoms with Crippen LogP contribution < -0.4 is 16.4 Å². The van der Waals surface area contributed by atoms with E-state index in [1.807, 2.05) is 24.3 Å². The Morgan fingerprint density at radius 2 is 2.16 bits per heavy atom. The minimum atomic E-state index is -0.554. The van der Waals surface area contributed by atoms with Gasteiger partial charge in [0.1, 0.15) is 0 Å². The van der Waals surface area contributed by atoms with Crippen LogP contribution in [0.4, 0.5) is 10.5 Å². The van der Waals surface area contributed by atoms with Crippen molar-refractivity contribution in [1.29, 1.82) is 0 Å². The van der Waals surface area contributed by atoms with Crippen LogP contribution in [-0.2, 0) is 4.74 Å². The second-order valence-corrected chi connectivity index (χ2v) is 4.18. The van der Waals surface area contributed by atoms with Crippen LogP contribution in [0.25, 0.3) is 0 Å². The molecule has 19 heavy (non-hydrogen) atoms. The number of anilines is 1. The summed E-state index contributed by atoms with van der Waals surface area (Å²) in [5.41, 5.74) is 6.90. The molecule has 0 aliphatic heterocycles. The maximum Gasteiger partial charge on any atom is 0.316 e. The number of benzene rings is 1. The minimum Gasteiger partial charge on any atom is -0.502 e. The fourth-order valence-corrected chi connectivity index (χ4v) is 1.67. The lowest BCUT2D eigenvalue weighted by Crippen LogP contribution is -2.21. The highest BCUT2D eigenvalue weighted by Crippen LogP contribution is 2.15. The molecule has 1 aromatic carbocycles. The molecule has 0 saturated heterocycles. The number of nitrogens with two attached hydrogens (primary N) is 1. The van der Waals surface area contributed by atoms with Crippen molar-refractivity contribution in [2.75, 3.05) is 18.5 Å². The van der Waals surface area contributed by atoms with Crippen LogP contribution in [0.3, 0.4) is 0 Å². The monoisotopic (exact) mass is 263 g/mol. The van der Waals surface area contributed by atoms with Gasteiger partial charge in [-0.1, -0.05) is 18.7 Å².